The van der Waals surface area contributed by atoms with E-state index >= 15 is 0 Å². The molecule has 0 aliphatic heterocycles. The Labute approximate surface area is 125 Å². The maximum atomic E-state index is 11.8. The Balaban J connectivity index is 1.81. The second-order valence-electron chi connectivity index (χ2n) is 5.35. The van der Waals surface area contributed by atoms with Gasteiger partial charge in [-0.1, -0.05) is 19.1 Å². The molecule has 5 nitrogen and oxygen atoms in total. The SMILES string of the molecule is COc1ccccc1OCC(=O)N/N=C1\CCCC(C)C1. The quantitative estimate of drug-likeness (QED) is 0.848. The Morgan fingerprint density at radius 2 is 2.14 bits per heavy atom. The smallest absolute Gasteiger partial charge is 0.277 e. The summed E-state index contributed by atoms with van der Waals surface area (Å²) in [4.78, 5) is 11.8. The van der Waals surface area contributed by atoms with Crippen LogP contribution in [-0.4, -0.2) is 25.3 Å². The van der Waals surface area contributed by atoms with Gasteiger partial charge in [-0.3, -0.25) is 4.79 Å². The minimum absolute atomic E-state index is 0.0767. The number of rotatable bonds is 5. The second kappa shape index (κ2) is 7.67. The fourth-order valence-electron chi connectivity index (χ4n) is 2.42. The van der Waals surface area contributed by atoms with Gasteiger partial charge >= 0.3 is 0 Å². The molecule has 21 heavy (non-hydrogen) atoms. The first-order chi connectivity index (χ1) is 10.2. The molecule has 2 rings (SSSR count). The Morgan fingerprint density at radius 1 is 1.38 bits per heavy atom. The van der Waals surface area contributed by atoms with Crippen molar-refractivity contribution in [3.8, 4) is 11.5 Å². The number of methoxy groups -OCH3 is 1. The molecule has 0 radical (unpaired) electrons. The van der Waals surface area contributed by atoms with E-state index in [4.69, 9.17) is 9.47 Å². The number of amides is 1. The van der Waals surface area contributed by atoms with Crippen LogP contribution in [-0.2, 0) is 4.79 Å². The zero-order valence-electron chi connectivity index (χ0n) is 12.6. The lowest BCUT2D eigenvalue weighted by Gasteiger charge is -2.18. The number of carbonyl (C=O) groups excluding carboxylic acids is 1. The van der Waals surface area contributed by atoms with Gasteiger partial charge in [-0.2, -0.15) is 5.10 Å². The van der Waals surface area contributed by atoms with Crippen LogP contribution in [0.4, 0.5) is 0 Å². The highest BCUT2D eigenvalue weighted by Crippen LogP contribution is 2.25. The van der Waals surface area contributed by atoms with Crippen LogP contribution in [0.15, 0.2) is 29.4 Å². The molecular weight excluding hydrogens is 268 g/mol. The molecule has 1 saturated carbocycles. The molecule has 1 amide bonds. The molecule has 114 valence electrons. The summed E-state index contributed by atoms with van der Waals surface area (Å²) in [7, 11) is 1.57. The molecule has 1 aromatic carbocycles. The van der Waals surface area contributed by atoms with Crippen molar-refractivity contribution in [2.75, 3.05) is 13.7 Å². The predicted molar refractivity (Wildman–Crippen MR) is 81.7 cm³/mol. The zero-order chi connectivity index (χ0) is 15.1. The maximum Gasteiger partial charge on any atom is 0.277 e. The minimum atomic E-state index is -0.258. The van der Waals surface area contributed by atoms with Gasteiger partial charge in [0.2, 0.25) is 0 Å². The van der Waals surface area contributed by atoms with Gasteiger partial charge in [0.1, 0.15) is 0 Å². The van der Waals surface area contributed by atoms with Crippen LogP contribution in [0.2, 0.25) is 0 Å². The molecular formula is C16H22N2O3. The van der Waals surface area contributed by atoms with Crippen LogP contribution in [0.1, 0.15) is 32.6 Å². The monoisotopic (exact) mass is 290 g/mol. The van der Waals surface area contributed by atoms with E-state index in [0.29, 0.717) is 17.4 Å². The van der Waals surface area contributed by atoms with Crippen LogP contribution in [0, 0.1) is 5.92 Å². The fourth-order valence-corrected chi connectivity index (χ4v) is 2.42. The largest absolute Gasteiger partial charge is 0.493 e. The number of para-hydroxylation sites is 2. The molecule has 1 aromatic rings. The molecule has 0 aromatic heterocycles. The molecule has 1 aliphatic rings. The normalized spacial score (nSPS) is 20.1. The summed E-state index contributed by atoms with van der Waals surface area (Å²) < 4.78 is 10.6. The van der Waals surface area contributed by atoms with Crippen molar-refractivity contribution in [2.45, 2.75) is 32.6 Å². The lowest BCUT2D eigenvalue weighted by atomic mass is 9.89. The highest BCUT2D eigenvalue weighted by molar-refractivity contribution is 5.87. The third-order valence-corrected chi connectivity index (χ3v) is 3.51. The number of ether oxygens (including phenoxy) is 2. The maximum absolute atomic E-state index is 11.8. The number of carbonyl (C=O) groups is 1. The summed E-state index contributed by atoms with van der Waals surface area (Å²) >= 11 is 0. The lowest BCUT2D eigenvalue weighted by Crippen LogP contribution is -2.27. The average Bonchev–Trinajstić information content (AvgIpc) is 2.51. The van der Waals surface area contributed by atoms with Gasteiger partial charge in [0.25, 0.3) is 5.91 Å². The van der Waals surface area contributed by atoms with Gasteiger partial charge in [-0.05, 0) is 43.7 Å². The summed E-state index contributed by atoms with van der Waals surface area (Å²) in [6, 6.07) is 7.24. The standard InChI is InChI=1S/C16H22N2O3/c1-12-6-5-7-13(10-12)17-18-16(19)11-21-15-9-4-3-8-14(15)20-2/h3-4,8-9,12H,5-7,10-11H2,1-2H3,(H,18,19)/b17-13+. The van der Waals surface area contributed by atoms with Crippen molar-refractivity contribution < 1.29 is 14.3 Å². The number of benzene rings is 1. The highest BCUT2D eigenvalue weighted by Gasteiger charge is 2.14. The van der Waals surface area contributed by atoms with Crippen molar-refractivity contribution in [3.63, 3.8) is 0 Å². The van der Waals surface area contributed by atoms with Gasteiger partial charge in [0.15, 0.2) is 18.1 Å². The number of nitrogens with zero attached hydrogens (tertiary/aromatic N) is 1. The van der Waals surface area contributed by atoms with Crippen LogP contribution >= 0.6 is 0 Å². The summed E-state index contributed by atoms with van der Waals surface area (Å²) in [6.07, 6.45) is 4.32. The van der Waals surface area contributed by atoms with Gasteiger partial charge < -0.3 is 9.47 Å². The first-order valence-electron chi connectivity index (χ1n) is 7.29. The van der Waals surface area contributed by atoms with E-state index in [2.05, 4.69) is 17.5 Å². The van der Waals surface area contributed by atoms with Crippen LogP contribution in [0.25, 0.3) is 0 Å². The van der Waals surface area contributed by atoms with Crippen molar-refractivity contribution in [2.24, 2.45) is 11.0 Å². The summed E-state index contributed by atoms with van der Waals surface area (Å²) in [5.74, 6) is 1.55. The molecule has 5 heteroatoms. The minimum Gasteiger partial charge on any atom is -0.493 e. The number of nitrogens with one attached hydrogen (secondary N) is 1. The van der Waals surface area contributed by atoms with Crippen molar-refractivity contribution in [1.82, 2.24) is 5.43 Å². The van der Waals surface area contributed by atoms with E-state index in [-0.39, 0.29) is 12.5 Å². The first kappa shape index (κ1) is 15.4. The van der Waals surface area contributed by atoms with Crippen LogP contribution in [0.5, 0.6) is 11.5 Å². The van der Waals surface area contributed by atoms with Crippen molar-refractivity contribution in [1.29, 1.82) is 0 Å². The number of hydrogen-bond acceptors (Lipinski definition) is 4. The topological polar surface area (TPSA) is 59.9 Å². The molecule has 1 N–H and O–H groups in total. The van der Waals surface area contributed by atoms with E-state index in [1.54, 1.807) is 19.2 Å². The van der Waals surface area contributed by atoms with Crippen LogP contribution < -0.4 is 14.9 Å². The molecule has 1 fully saturated rings. The molecule has 1 aliphatic carbocycles. The fraction of sp³-hybridized carbons (Fsp3) is 0.500. The summed E-state index contributed by atoms with van der Waals surface area (Å²) in [5, 5.41) is 4.19. The van der Waals surface area contributed by atoms with E-state index in [1.165, 1.54) is 6.42 Å². The molecule has 0 heterocycles. The van der Waals surface area contributed by atoms with Gasteiger partial charge in [0.05, 0.1) is 7.11 Å². The van der Waals surface area contributed by atoms with E-state index in [9.17, 15) is 4.79 Å². The third-order valence-electron chi connectivity index (χ3n) is 3.51. The lowest BCUT2D eigenvalue weighted by molar-refractivity contribution is -0.123. The second-order valence-corrected chi connectivity index (χ2v) is 5.35. The van der Waals surface area contributed by atoms with E-state index in [0.717, 1.165) is 25.0 Å². The Morgan fingerprint density at radius 3 is 2.86 bits per heavy atom. The highest BCUT2D eigenvalue weighted by atomic mass is 16.5. The van der Waals surface area contributed by atoms with Crippen molar-refractivity contribution >= 4 is 11.6 Å². The molecule has 1 atom stereocenters. The first-order valence-corrected chi connectivity index (χ1v) is 7.29. The summed E-state index contributed by atoms with van der Waals surface area (Å²) in [6.45, 7) is 2.13. The predicted octanol–water partition coefficient (Wildman–Crippen LogP) is 2.76. The third kappa shape index (κ3) is 4.77. The molecule has 1 unspecified atom stereocenters. The molecule has 0 spiro atoms. The summed E-state index contributed by atoms with van der Waals surface area (Å²) in [5.41, 5.74) is 3.63. The Hall–Kier alpha value is -2.04. The molecule has 0 bridgehead atoms. The number of hydrogen-bond donors (Lipinski definition) is 1. The van der Waals surface area contributed by atoms with Gasteiger partial charge in [0, 0.05) is 5.71 Å². The average molecular weight is 290 g/mol. The van der Waals surface area contributed by atoms with Gasteiger partial charge in [-0.25, -0.2) is 5.43 Å². The molecule has 0 saturated heterocycles. The Kier molecular flexibility index (Phi) is 5.60. The van der Waals surface area contributed by atoms with Crippen LogP contribution in [0.3, 0.4) is 0 Å². The van der Waals surface area contributed by atoms with E-state index in [1.807, 2.05) is 12.1 Å². The number of hydrazone groups is 1. The van der Waals surface area contributed by atoms with Crippen molar-refractivity contribution in [3.05, 3.63) is 24.3 Å². The van der Waals surface area contributed by atoms with Gasteiger partial charge in [-0.15, -0.1) is 0 Å². The zero-order valence-corrected chi connectivity index (χ0v) is 12.6. The van der Waals surface area contributed by atoms with E-state index < -0.39 is 0 Å². The Bertz CT molecular complexity index is 514.